The molecule has 2 heteroatoms. The third-order valence-electron chi connectivity index (χ3n) is 9.67. The molecule has 8 aromatic carbocycles. The van der Waals surface area contributed by atoms with Crippen molar-refractivity contribution in [1.29, 1.82) is 0 Å². The zero-order valence-electron chi connectivity index (χ0n) is 25.1. The number of hydrogen-bond acceptors (Lipinski definition) is 0. The SMILES string of the molecule is c1ccc(-c2ccc(-n3c4ccccc4c4c5c6ccc7ccccc7c6n(-c6ccc7ccccc7c6)c5ccc43)cc2)cc1. The van der Waals surface area contributed by atoms with Gasteiger partial charge in [-0.15, -0.1) is 0 Å². The summed E-state index contributed by atoms with van der Waals surface area (Å²) in [5.74, 6) is 0. The summed E-state index contributed by atoms with van der Waals surface area (Å²) < 4.78 is 4.92. The van der Waals surface area contributed by atoms with E-state index in [1.54, 1.807) is 0 Å². The van der Waals surface area contributed by atoms with Crippen LogP contribution >= 0.6 is 0 Å². The van der Waals surface area contributed by atoms with Gasteiger partial charge in [0, 0.05) is 38.3 Å². The maximum atomic E-state index is 2.49. The fourth-order valence-corrected chi connectivity index (χ4v) is 7.62. The minimum absolute atomic E-state index is 1.16. The van der Waals surface area contributed by atoms with E-state index in [-0.39, 0.29) is 0 Å². The highest BCUT2D eigenvalue weighted by molar-refractivity contribution is 6.31. The summed E-state index contributed by atoms with van der Waals surface area (Å²) >= 11 is 0. The Bertz CT molecular complexity index is 2780. The second kappa shape index (κ2) is 9.69. The average molecular weight is 585 g/mol. The number of benzene rings is 8. The van der Waals surface area contributed by atoms with Crippen molar-refractivity contribution in [2.24, 2.45) is 0 Å². The summed E-state index contributed by atoms with van der Waals surface area (Å²) in [6, 6.07) is 61.9. The molecule has 0 atom stereocenters. The van der Waals surface area contributed by atoms with Gasteiger partial charge in [0.05, 0.1) is 22.1 Å². The molecule has 10 rings (SSSR count). The lowest BCUT2D eigenvalue weighted by atomic mass is 10.0. The van der Waals surface area contributed by atoms with E-state index in [2.05, 4.69) is 179 Å². The number of hydrogen-bond donors (Lipinski definition) is 0. The van der Waals surface area contributed by atoms with Crippen LogP contribution in [0.5, 0.6) is 0 Å². The smallest absolute Gasteiger partial charge is 0.0619 e. The van der Waals surface area contributed by atoms with E-state index in [0.717, 1.165) is 5.69 Å². The van der Waals surface area contributed by atoms with E-state index < -0.39 is 0 Å². The van der Waals surface area contributed by atoms with Crippen LogP contribution in [0, 0.1) is 0 Å². The van der Waals surface area contributed by atoms with Crippen LogP contribution in [0.15, 0.2) is 170 Å². The molecule has 0 fully saturated rings. The Morgan fingerprint density at radius 2 is 0.891 bits per heavy atom. The van der Waals surface area contributed by atoms with E-state index in [1.807, 2.05) is 0 Å². The Morgan fingerprint density at radius 1 is 0.304 bits per heavy atom. The zero-order chi connectivity index (χ0) is 30.2. The van der Waals surface area contributed by atoms with Crippen LogP contribution in [-0.2, 0) is 0 Å². The molecule has 0 spiro atoms. The van der Waals surface area contributed by atoms with Crippen LogP contribution in [0.2, 0.25) is 0 Å². The van der Waals surface area contributed by atoms with Crippen molar-refractivity contribution in [3.8, 4) is 22.5 Å². The van der Waals surface area contributed by atoms with Gasteiger partial charge in [0.2, 0.25) is 0 Å². The van der Waals surface area contributed by atoms with Gasteiger partial charge in [0.1, 0.15) is 0 Å². The first-order chi connectivity index (χ1) is 22.8. The molecular formula is C44H28N2. The summed E-state index contributed by atoms with van der Waals surface area (Å²) in [5, 5.41) is 10.1. The minimum Gasteiger partial charge on any atom is -0.309 e. The predicted molar refractivity (Wildman–Crippen MR) is 196 cm³/mol. The summed E-state index contributed by atoms with van der Waals surface area (Å²) in [5.41, 5.74) is 9.68. The lowest BCUT2D eigenvalue weighted by molar-refractivity contribution is 1.18. The molecule has 2 nitrogen and oxygen atoms in total. The van der Waals surface area contributed by atoms with E-state index in [1.165, 1.54) is 82.0 Å². The van der Waals surface area contributed by atoms with Gasteiger partial charge < -0.3 is 9.13 Å². The Balaban J connectivity index is 1.33. The maximum Gasteiger partial charge on any atom is 0.0619 e. The molecule has 0 radical (unpaired) electrons. The topological polar surface area (TPSA) is 9.86 Å². The van der Waals surface area contributed by atoms with Crippen LogP contribution in [0.25, 0.3) is 87.7 Å². The van der Waals surface area contributed by atoms with Crippen molar-refractivity contribution in [1.82, 2.24) is 9.13 Å². The molecule has 0 saturated heterocycles. The van der Waals surface area contributed by atoms with E-state index in [9.17, 15) is 0 Å². The molecule has 46 heavy (non-hydrogen) atoms. The Labute approximate surface area is 266 Å². The molecular weight excluding hydrogens is 556 g/mol. The van der Waals surface area contributed by atoms with Crippen molar-refractivity contribution >= 4 is 65.2 Å². The summed E-state index contributed by atoms with van der Waals surface area (Å²) in [6.45, 7) is 0. The van der Waals surface area contributed by atoms with Crippen LogP contribution < -0.4 is 0 Å². The van der Waals surface area contributed by atoms with Crippen LogP contribution in [0.3, 0.4) is 0 Å². The quantitative estimate of drug-likeness (QED) is 0.195. The van der Waals surface area contributed by atoms with Crippen LogP contribution in [-0.4, -0.2) is 9.13 Å². The summed E-state index contributed by atoms with van der Waals surface area (Å²) in [6.07, 6.45) is 0. The third kappa shape index (κ3) is 3.59. The number of nitrogens with zero attached hydrogens (tertiary/aromatic N) is 2. The van der Waals surface area contributed by atoms with Crippen molar-refractivity contribution in [3.05, 3.63) is 170 Å². The molecule has 0 aliphatic heterocycles. The normalized spacial score (nSPS) is 11.9. The largest absolute Gasteiger partial charge is 0.309 e. The van der Waals surface area contributed by atoms with Gasteiger partial charge in [-0.3, -0.25) is 0 Å². The van der Waals surface area contributed by atoms with Gasteiger partial charge in [-0.25, -0.2) is 0 Å². The van der Waals surface area contributed by atoms with E-state index in [0.29, 0.717) is 0 Å². The second-order valence-electron chi connectivity index (χ2n) is 12.2. The summed E-state index contributed by atoms with van der Waals surface area (Å²) in [7, 11) is 0. The second-order valence-corrected chi connectivity index (χ2v) is 12.2. The van der Waals surface area contributed by atoms with E-state index >= 15 is 0 Å². The number of fused-ring (bicyclic) bond motifs is 10. The maximum absolute atomic E-state index is 2.49. The Kier molecular flexibility index (Phi) is 5.31. The molecule has 2 aromatic heterocycles. The first kappa shape index (κ1) is 25.2. The molecule has 214 valence electrons. The predicted octanol–water partition coefficient (Wildman–Crippen LogP) is 11.9. The van der Waals surface area contributed by atoms with Crippen molar-refractivity contribution < 1.29 is 0 Å². The number of rotatable bonds is 3. The van der Waals surface area contributed by atoms with Crippen LogP contribution in [0.4, 0.5) is 0 Å². The molecule has 0 bridgehead atoms. The standard InChI is InChI=1S/C44H28N2/c1-2-10-29(11-3-1)31-18-22-34(23-19-31)45-39-17-9-8-16-37(39)42-40(45)26-27-41-43(42)38-25-21-32-13-6-7-15-36(32)44(38)46(41)35-24-20-30-12-4-5-14-33(30)28-35/h1-28H. The third-order valence-corrected chi connectivity index (χ3v) is 9.67. The van der Waals surface area contributed by atoms with Gasteiger partial charge in [0.25, 0.3) is 0 Å². The lowest BCUT2D eigenvalue weighted by Gasteiger charge is -2.11. The molecule has 0 unspecified atom stereocenters. The molecule has 0 saturated carbocycles. The molecule has 0 aliphatic rings. The monoisotopic (exact) mass is 584 g/mol. The Morgan fingerprint density at radius 3 is 1.72 bits per heavy atom. The molecule has 0 N–H and O–H groups in total. The van der Waals surface area contributed by atoms with Gasteiger partial charge in [-0.05, 0) is 69.8 Å². The van der Waals surface area contributed by atoms with E-state index in [4.69, 9.17) is 0 Å². The van der Waals surface area contributed by atoms with Crippen molar-refractivity contribution in [3.63, 3.8) is 0 Å². The van der Waals surface area contributed by atoms with Crippen molar-refractivity contribution in [2.45, 2.75) is 0 Å². The molecule has 10 aromatic rings. The van der Waals surface area contributed by atoms with Gasteiger partial charge in [-0.2, -0.15) is 0 Å². The van der Waals surface area contributed by atoms with Crippen LogP contribution in [0.1, 0.15) is 0 Å². The first-order valence-electron chi connectivity index (χ1n) is 15.9. The van der Waals surface area contributed by atoms with Crippen molar-refractivity contribution in [2.75, 3.05) is 0 Å². The molecule has 2 heterocycles. The van der Waals surface area contributed by atoms with Gasteiger partial charge >= 0.3 is 0 Å². The number of aromatic nitrogens is 2. The Hall–Kier alpha value is -6.12. The highest BCUT2D eigenvalue weighted by atomic mass is 15.0. The molecule has 0 aliphatic carbocycles. The van der Waals surface area contributed by atoms with Gasteiger partial charge in [-0.1, -0.05) is 127 Å². The fourth-order valence-electron chi connectivity index (χ4n) is 7.62. The summed E-state index contributed by atoms with van der Waals surface area (Å²) in [4.78, 5) is 0. The lowest BCUT2D eigenvalue weighted by Crippen LogP contribution is -1.95. The average Bonchev–Trinajstić information content (AvgIpc) is 3.65. The van der Waals surface area contributed by atoms with Gasteiger partial charge in [0.15, 0.2) is 0 Å². The first-order valence-corrected chi connectivity index (χ1v) is 15.9. The molecule has 0 amide bonds. The highest BCUT2D eigenvalue weighted by Crippen LogP contribution is 2.44. The highest BCUT2D eigenvalue weighted by Gasteiger charge is 2.21. The fraction of sp³-hybridized carbons (Fsp3) is 0. The number of para-hydroxylation sites is 1. The zero-order valence-corrected chi connectivity index (χ0v) is 25.1. The minimum atomic E-state index is 1.16.